The molecule has 0 aromatic rings. The van der Waals surface area contributed by atoms with Crippen LogP contribution >= 0.6 is 0 Å². The molecular formula is C22H34O2. The molecule has 2 atom stereocenters. The van der Waals surface area contributed by atoms with Crippen LogP contribution in [0, 0.1) is 11.8 Å². The molecule has 0 saturated carbocycles. The Kier molecular flexibility index (Phi) is 8.81. The second-order valence-electron chi connectivity index (χ2n) is 7.28. The Bertz CT molecular complexity index is 518. The number of hydrogen-bond acceptors (Lipinski definition) is 2. The molecule has 0 aliphatic heterocycles. The van der Waals surface area contributed by atoms with Gasteiger partial charge in [0.2, 0.25) is 0 Å². The van der Waals surface area contributed by atoms with Gasteiger partial charge >= 0.3 is 5.97 Å². The van der Waals surface area contributed by atoms with Crippen LogP contribution in [0.5, 0.6) is 0 Å². The molecule has 2 heteroatoms. The fraction of sp³-hybridized carbons (Fsp3) is 0.591. The minimum absolute atomic E-state index is 0.187. The van der Waals surface area contributed by atoms with Crippen molar-refractivity contribution in [3.63, 3.8) is 0 Å². The third-order valence-corrected chi connectivity index (χ3v) is 4.83. The maximum atomic E-state index is 11.3. The first kappa shape index (κ1) is 20.5. The van der Waals surface area contributed by atoms with Crippen LogP contribution in [0.25, 0.3) is 0 Å². The van der Waals surface area contributed by atoms with Crippen LogP contribution in [0.15, 0.2) is 47.6 Å². The van der Waals surface area contributed by atoms with Crippen molar-refractivity contribution in [3.05, 3.63) is 47.6 Å². The topological polar surface area (TPSA) is 26.3 Å². The number of carbonyl (C=O) groups is 1. The molecule has 2 nitrogen and oxygen atoms in total. The van der Waals surface area contributed by atoms with Gasteiger partial charge in [-0.1, -0.05) is 47.6 Å². The highest BCUT2D eigenvalue weighted by Gasteiger charge is 2.27. The third kappa shape index (κ3) is 7.33. The molecule has 0 amide bonds. The normalized spacial score (nSPS) is 21.8. The summed E-state index contributed by atoms with van der Waals surface area (Å²) in [5.41, 5.74) is 5.24. The summed E-state index contributed by atoms with van der Waals surface area (Å²) in [6.45, 7) is 17.1. The average Bonchev–Trinajstić information content (AvgIpc) is 2.55. The molecule has 2 unspecified atom stereocenters. The van der Waals surface area contributed by atoms with E-state index in [2.05, 4.69) is 46.1 Å². The number of hydrogen-bond donors (Lipinski definition) is 0. The second kappa shape index (κ2) is 10.3. The van der Waals surface area contributed by atoms with Gasteiger partial charge in [0.05, 0.1) is 6.61 Å². The minimum atomic E-state index is -0.217. The molecule has 0 aromatic heterocycles. The molecule has 1 aliphatic rings. The van der Waals surface area contributed by atoms with E-state index < -0.39 is 0 Å². The summed E-state index contributed by atoms with van der Waals surface area (Å²) in [4.78, 5) is 11.3. The molecule has 0 heterocycles. The lowest BCUT2D eigenvalue weighted by Gasteiger charge is -2.30. The zero-order valence-electron chi connectivity index (χ0n) is 16.0. The fourth-order valence-corrected chi connectivity index (χ4v) is 3.32. The van der Waals surface area contributed by atoms with Crippen molar-refractivity contribution < 1.29 is 9.53 Å². The Hall–Kier alpha value is -1.57. The van der Waals surface area contributed by atoms with Crippen molar-refractivity contribution in [1.29, 1.82) is 0 Å². The van der Waals surface area contributed by atoms with Crippen molar-refractivity contribution in [2.24, 2.45) is 11.8 Å². The van der Waals surface area contributed by atoms with Crippen LogP contribution in [0.4, 0.5) is 0 Å². The van der Waals surface area contributed by atoms with Gasteiger partial charge in [-0.25, -0.2) is 0 Å². The summed E-state index contributed by atoms with van der Waals surface area (Å²) in [5.74, 6) is 0.308. The largest absolute Gasteiger partial charge is 0.465 e. The Balaban J connectivity index is 2.91. The van der Waals surface area contributed by atoms with E-state index in [-0.39, 0.29) is 11.9 Å². The molecule has 0 bridgehead atoms. The molecule has 0 N–H and O–H groups in total. The zero-order valence-corrected chi connectivity index (χ0v) is 16.0. The lowest BCUT2D eigenvalue weighted by molar-refractivity contribution is -0.142. The summed E-state index contributed by atoms with van der Waals surface area (Å²) < 4.78 is 5.37. The third-order valence-electron chi connectivity index (χ3n) is 4.83. The van der Waals surface area contributed by atoms with Gasteiger partial charge in [0.1, 0.15) is 0 Å². The molecule has 24 heavy (non-hydrogen) atoms. The van der Waals surface area contributed by atoms with Gasteiger partial charge in [-0.15, -0.1) is 0 Å². The zero-order chi connectivity index (χ0) is 18.1. The highest BCUT2D eigenvalue weighted by Crippen LogP contribution is 2.36. The molecule has 0 spiro atoms. The molecule has 1 aliphatic carbocycles. The summed E-state index contributed by atoms with van der Waals surface area (Å²) >= 11 is 0. The van der Waals surface area contributed by atoms with Crippen LogP contribution in [-0.2, 0) is 9.53 Å². The highest BCUT2D eigenvalue weighted by atomic mass is 16.5. The van der Waals surface area contributed by atoms with Gasteiger partial charge in [-0.2, -0.15) is 0 Å². The van der Waals surface area contributed by atoms with Gasteiger partial charge < -0.3 is 4.74 Å². The van der Waals surface area contributed by atoms with Crippen molar-refractivity contribution in [2.45, 2.75) is 66.2 Å². The van der Waals surface area contributed by atoms with E-state index in [4.69, 9.17) is 4.74 Å². The molecular weight excluding hydrogens is 296 g/mol. The Morgan fingerprint density at radius 1 is 1.33 bits per heavy atom. The monoisotopic (exact) mass is 330 g/mol. The smallest absolute Gasteiger partial charge is 0.302 e. The predicted molar refractivity (Wildman–Crippen MR) is 103 cm³/mol. The van der Waals surface area contributed by atoms with E-state index in [9.17, 15) is 4.79 Å². The molecule has 134 valence electrons. The van der Waals surface area contributed by atoms with Crippen LogP contribution < -0.4 is 0 Å². The van der Waals surface area contributed by atoms with Gasteiger partial charge in [-0.3, -0.25) is 4.79 Å². The second-order valence-corrected chi connectivity index (χ2v) is 7.28. The lowest BCUT2D eigenvalue weighted by atomic mass is 9.77. The molecule has 0 saturated heterocycles. The van der Waals surface area contributed by atoms with E-state index >= 15 is 0 Å². The molecule has 0 fully saturated rings. The first-order valence-corrected chi connectivity index (χ1v) is 9.09. The van der Waals surface area contributed by atoms with Crippen LogP contribution in [0.3, 0.4) is 0 Å². The van der Waals surface area contributed by atoms with Crippen LogP contribution in [0.1, 0.15) is 66.2 Å². The summed E-state index contributed by atoms with van der Waals surface area (Å²) in [7, 11) is 0. The number of rotatable bonds is 6. The van der Waals surface area contributed by atoms with Crippen LogP contribution in [-0.4, -0.2) is 12.6 Å². The Morgan fingerprint density at radius 3 is 2.67 bits per heavy atom. The van der Waals surface area contributed by atoms with E-state index in [0.29, 0.717) is 12.5 Å². The first-order valence-electron chi connectivity index (χ1n) is 9.09. The number of ether oxygens (including phenoxy) is 1. The number of allylic oxidation sites excluding steroid dienone is 5. The first-order chi connectivity index (χ1) is 11.3. The lowest BCUT2D eigenvalue weighted by Crippen LogP contribution is -2.25. The van der Waals surface area contributed by atoms with Gasteiger partial charge in [-0.05, 0) is 65.2 Å². The maximum absolute atomic E-state index is 11.3. The summed E-state index contributed by atoms with van der Waals surface area (Å²) in [6, 6.07) is 0. The Morgan fingerprint density at radius 2 is 2.04 bits per heavy atom. The maximum Gasteiger partial charge on any atom is 0.302 e. The standard InChI is InChI=1S/C22H34O2/c1-16(2)9-7-11-18(4)21-14-13-17(3)10-8-12-19(5)22(21)15-24-20(6)23/h9-10,21-22H,4-5,7-8,11-15H2,1-3,6H3. The van der Waals surface area contributed by atoms with Crippen molar-refractivity contribution in [1.82, 2.24) is 0 Å². The van der Waals surface area contributed by atoms with Crippen molar-refractivity contribution in [2.75, 3.05) is 6.61 Å². The van der Waals surface area contributed by atoms with E-state index in [0.717, 1.165) is 38.5 Å². The molecule has 0 aromatic carbocycles. The summed E-state index contributed by atoms with van der Waals surface area (Å²) in [6.07, 6.45) is 10.7. The predicted octanol–water partition coefficient (Wildman–Crippen LogP) is 6.16. The SMILES string of the molecule is C=C(CCC=C(C)C)C1CCC(C)=CCCC(=C)C1COC(C)=O. The fourth-order valence-electron chi connectivity index (χ4n) is 3.32. The van der Waals surface area contributed by atoms with Crippen molar-refractivity contribution in [3.8, 4) is 0 Å². The summed E-state index contributed by atoms with van der Waals surface area (Å²) in [5, 5.41) is 0. The van der Waals surface area contributed by atoms with Crippen LogP contribution in [0.2, 0.25) is 0 Å². The molecule has 0 radical (unpaired) electrons. The van der Waals surface area contributed by atoms with E-state index in [1.165, 1.54) is 29.2 Å². The van der Waals surface area contributed by atoms with Gasteiger partial charge in [0, 0.05) is 12.8 Å². The van der Waals surface area contributed by atoms with E-state index in [1.54, 1.807) is 0 Å². The van der Waals surface area contributed by atoms with Gasteiger partial charge in [0.15, 0.2) is 0 Å². The van der Waals surface area contributed by atoms with Gasteiger partial charge in [0.25, 0.3) is 0 Å². The quantitative estimate of drug-likeness (QED) is 0.430. The number of carbonyl (C=O) groups excluding carboxylic acids is 1. The van der Waals surface area contributed by atoms with E-state index in [1.807, 2.05) is 0 Å². The molecule has 1 rings (SSSR count). The minimum Gasteiger partial charge on any atom is -0.465 e. The average molecular weight is 331 g/mol. The highest BCUT2D eigenvalue weighted by molar-refractivity contribution is 5.65. The van der Waals surface area contributed by atoms with Crippen molar-refractivity contribution >= 4 is 5.97 Å². The Labute approximate surface area is 148 Å². The number of esters is 1.